The predicted molar refractivity (Wildman–Crippen MR) is 72.8 cm³/mol. The molecule has 2 N–H and O–H groups in total. The fourth-order valence-electron chi connectivity index (χ4n) is 1.54. The second kappa shape index (κ2) is 6.78. The van der Waals surface area contributed by atoms with E-state index in [2.05, 4.69) is 15.9 Å². The van der Waals surface area contributed by atoms with Gasteiger partial charge in [0.05, 0.1) is 5.56 Å². The van der Waals surface area contributed by atoms with Crippen LogP contribution in [0.2, 0.25) is 0 Å². The number of hydrogen-bond donors (Lipinski definition) is 1. The number of hydrogen-bond acceptors (Lipinski definition) is 1. The van der Waals surface area contributed by atoms with Crippen LogP contribution < -0.4 is 5.73 Å². The minimum absolute atomic E-state index is 0. The van der Waals surface area contributed by atoms with Gasteiger partial charge in [-0.3, -0.25) is 0 Å². The lowest BCUT2D eigenvalue weighted by atomic mass is 9.92. The average molecular weight is 347 g/mol. The second-order valence-corrected chi connectivity index (χ2v) is 5.00. The van der Waals surface area contributed by atoms with E-state index in [1.54, 1.807) is 0 Å². The summed E-state index contributed by atoms with van der Waals surface area (Å²) in [4.78, 5) is 0. The lowest BCUT2D eigenvalue weighted by molar-refractivity contribution is -0.137. The predicted octanol–water partition coefficient (Wildman–Crippen LogP) is 4.94. The Hall–Kier alpha value is -0.260. The van der Waals surface area contributed by atoms with E-state index in [1.807, 2.05) is 13.8 Å². The summed E-state index contributed by atoms with van der Waals surface area (Å²) in [5.74, 6) is 0.134. The topological polar surface area (TPSA) is 26.0 Å². The first-order chi connectivity index (χ1) is 7.77. The molecule has 0 saturated heterocycles. The van der Waals surface area contributed by atoms with Crippen molar-refractivity contribution in [2.75, 3.05) is 0 Å². The van der Waals surface area contributed by atoms with Crippen LogP contribution in [0.4, 0.5) is 13.2 Å². The fourth-order valence-corrected chi connectivity index (χ4v) is 2.05. The Morgan fingerprint density at radius 2 is 1.89 bits per heavy atom. The quantitative estimate of drug-likeness (QED) is 0.824. The molecule has 0 radical (unpaired) electrons. The van der Waals surface area contributed by atoms with Gasteiger partial charge in [0.25, 0.3) is 0 Å². The van der Waals surface area contributed by atoms with E-state index in [9.17, 15) is 13.2 Å². The molecule has 0 aromatic heterocycles. The highest BCUT2D eigenvalue weighted by atomic mass is 79.9. The third kappa shape index (κ3) is 4.14. The zero-order valence-corrected chi connectivity index (χ0v) is 12.5. The SMILES string of the molecule is CCC(C)[C@H](N)c1cc(C(F)(F)F)ccc1Br.Cl. The number of halogens is 5. The summed E-state index contributed by atoms with van der Waals surface area (Å²) in [5, 5.41) is 0. The van der Waals surface area contributed by atoms with Gasteiger partial charge in [0.1, 0.15) is 0 Å². The molecule has 0 amide bonds. The zero-order chi connectivity index (χ0) is 13.2. The van der Waals surface area contributed by atoms with Crippen LogP contribution in [0.5, 0.6) is 0 Å². The molecule has 2 atom stereocenters. The van der Waals surface area contributed by atoms with E-state index in [4.69, 9.17) is 5.73 Å². The maximum atomic E-state index is 12.6. The van der Waals surface area contributed by atoms with Gasteiger partial charge in [0.15, 0.2) is 0 Å². The number of nitrogens with two attached hydrogens (primary N) is 1. The smallest absolute Gasteiger partial charge is 0.324 e. The molecule has 18 heavy (non-hydrogen) atoms. The van der Waals surface area contributed by atoms with Crippen molar-refractivity contribution in [2.24, 2.45) is 11.7 Å². The Morgan fingerprint density at radius 3 is 2.33 bits per heavy atom. The van der Waals surface area contributed by atoms with E-state index in [0.29, 0.717) is 10.0 Å². The van der Waals surface area contributed by atoms with Gasteiger partial charge in [-0.1, -0.05) is 36.2 Å². The van der Waals surface area contributed by atoms with Gasteiger partial charge in [0.2, 0.25) is 0 Å². The van der Waals surface area contributed by atoms with Gasteiger partial charge < -0.3 is 5.73 Å². The third-order valence-corrected chi connectivity index (χ3v) is 3.66. The van der Waals surface area contributed by atoms with Crippen LogP contribution in [0.1, 0.15) is 37.4 Å². The van der Waals surface area contributed by atoms with Gasteiger partial charge in [-0.25, -0.2) is 0 Å². The first kappa shape index (κ1) is 17.7. The minimum atomic E-state index is -4.33. The number of benzene rings is 1. The van der Waals surface area contributed by atoms with Crippen LogP contribution in [-0.4, -0.2) is 0 Å². The summed E-state index contributed by atoms with van der Waals surface area (Å²) in [5.41, 5.74) is 5.82. The van der Waals surface area contributed by atoms with Crippen molar-refractivity contribution in [3.8, 4) is 0 Å². The van der Waals surface area contributed by atoms with E-state index in [-0.39, 0.29) is 18.3 Å². The Labute approximate surface area is 119 Å². The van der Waals surface area contributed by atoms with Crippen LogP contribution in [-0.2, 0) is 6.18 Å². The van der Waals surface area contributed by atoms with Crippen LogP contribution in [0.15, 0.2) is 22.7 Å². The standard InChI is InChI=1S/C12H15BrF3N.ClH/c1-3-7(2)11(17)9-6-8(12(14,15)16)4-5-10(9)13;/h4-7,11H,3,17H2,1-2H3;1H/t7?,11-;/m0./s1. The molecule has 0 aliphatic heterocycles. The van der Waals surface area contributed by atoms with Crippen LogP contribution in [0, 0.1) is 5.92 Å². The molecular formula is C12H16BrClF3N. The molecule has 1 aromatic carbocycles. The Bertz CT molecular complexity index is 395. The highest BCUT2D eigenvalue weighted by Gasteiger charge is 2.31. The second-order valence-electron chi connectivity index (χ2n) is 4.15. The molecule has 0 spiro atoms. The number of rotatable bonds is 3. The van der Waals surface area contributed by atoms with Crippen molar-refractivity contribution < 1.29 is 13.2 Å². The van der Waals surface area contributed by atoms with Crippen molar-refractivity contribution in [2.45, 2.75) is 32.5 Å². The molecule has 0 saturated carbocycles. The van der Waals surface area contributed by atoms with E-state index in [0.717, 1.165) is 18.6 Å². The van der Waals surface area contributed by atoms with E-state index < -0.39 is 17.8 Å². The van der Waals surface area contributed by atoms with Gasteiger partial charge >= 0.3 is 6.18 Å². The molecule has 0 heterocycles. The van der Waals surface area contributed by atoms with Crippen molar-refractivity contribution >= 4 is 28.3 Å². The van der Waals surface area contributed by atoms with Crippen LogP contribution in [0.25, 0.3) is 0 Å². The van der Waals surface area contributed by atoms with E-state index >= 15 is 0 Å². The molecule has 1 rings (SSSR count). The van der Waals surface area contributed by atoms with Gasteiger partial charge in [-0.05, 0) is 29.7 Å². The highest BCUT2D eigenvalue weighted by Crippen LogP contribution is 2.35. The summed E-state index contributed by atoms with van der Waals surface area (Å²) in [6.45, 7) is 3.89. The Morgan fingerprint density at radius 1 is 1.33 bits per heavy atom. The third-order valence-electron chi connectivity index (χ3n) is 2.94. The summed E-state index contributed by atoms with van der Waals surface area (Å²) >= 11 is 3.25. The summed E-state index contributed by atoms with van der Waals surface area (Å²) < 4.78 is 38.4. The molecule has 0 bridgehead atoms. The minimum Gasteiger partial charge on any atom is -0.324 e. The monoisotopic (exact) mass is 345 g/mol. The Balaban J connectivity index is 0.00000289. The maximum absolute atomic E-state index is 12.6. The van der Waals surface area contributed by atoms with Crippen LogP contribution >= 0.6 is 28.3 Å². The lowest BCUT2D eigenvalue weighted by Crippen LogP contribution is -2.20. The molecule has 104 valence electrons. The van der Waals surface area contributed by atoms with Crippen LogP contribution in [0.3, 0.4) is 0 Å². The first-order valence-electron chi connectivity index (χ1n) is 5.39. The first-order valence-corrected chi connectivity index (χ1v) is 6.19. The molecule has 0 aliphatic rings. The zero-order valence-electron chi connectivity index (χ0n) is 10.1. The summed E-state index contributed by atoms with van der Waals surface area (Å²) in [7, 11) is 0. The van der Waals surface area contributed by atoms with Crippen molar-refractivity contribution in [3.05, 3.63) is 33.8 Å². The molecule has 1 aromatic rings. The van der Waals surface area contributed by atoms with Gasteiger partial charge in [-0.15, -0.1) is 12.4 Å². The van der Waals surface area contributed by atoms with Crippen molar-refractivity contribution in [1.82, 2.24) is 0 Å². The Kier molecular flexibility index (Phi) is 6.68. The fraction of sp³-hybridized carbons (Fsp3) is 0.500. The molecule has 1 nitrogen and oxygen atoms in total. The highest BCUT2D eigenvalue weighted by molar-refractivity contribution is 9.10. The molecular weight excluding hydrogens is 330 g/mol. The largest absolute Gasteiger partial charge is 0.416 e. The maximum Gasteiger partial charge on any atom is 0.416 e. The van der Waals surface area contributed by atoms with Gasteiger partial charge in [-0.2, -0.15) is 13.2 Å². The van der Waals surface area contributed by atoms with Crippen molar-refractivity contribution in [3.63, 3.8) is 0 Å². The lowest BCUT2D eigenvalue weighted by Gasteiger charge is -2.21. The normalized spacial score (nSPS) is 14.8. The molecule has 6 heteroatoms. The summed E-state index contributed by atoms with van der Waals surface area (Å²) in [6.07, 6.45) is -3.51. The van der Waals surface area contributed by atoms with Crippen molar-refractivity contribution in [1.29, 1.82) is 0 Å². The molecule has 0 aliphatic carbocycles. The van der Waals surface area contributed by atoms with E-state index in [1.165, 1.54) is 6.07 Å². The average Bonchev–Trinajstić information content (AvgIpc) is 2.26. The number of alkyl halides is 3. The molecule has 1 unspecified atom stereocenters. The van der Waals surface area contributed by atoms with Gasteiger partial charge in [0, 0.05) is 10.5 Å². The molecule has 0 fully saturated rings. The summed E-state index contributed by atoms with van der Waals surface area (Å²) in [6, 6.07) is 3.19.